The van der Waals surface area contributed by atoms with Crippen LogP contribution in [0, 0.1) is 5.82 Å². The summed E-state index contributed by atoms with van der Waals surface area (Å²) in [6.07, 6.45) is 2.03. The van der Waals surface area contributed by atoms with Crippen LogP contribution in [0.25, 0.3) is 0 Å². The van der Waals surface area contributed by atoms with Crippen LogP contribution in [0.1, 0.15) is 12.0 Å². The molecule has 3 N–H and O–H groups in total. The molecule has 0 saturated heterocycles. The molecule has 70 valence electrons. The molecule has 1 heterocycles. The van der Waals surface area contributed by atoms with Crippen LogP contribution in [-0.2, 0) is 6.42 Å². The molecule has 0 amide bonds. The summed E-state index contributed by atoms with van der Waals surface area (Å²) < 4.78 is 12.9. The van der Waals surface area contributed by atoms with Crippen molar-refractivity contribution in [1.82, 2.24) is 0 Å². The number of nitrogens with two attached hydrogens (primary N) is 1. The molecule has 13 heavy (non-hydrogen) atoms. The molecule has 2 nitrogen and oxygen atoms in total. The van der Waals surface area contributed by atoms with E-state index in [1.54, 1.807) is 0 Å². The van der Waals surface area contributed by atoms with Gasteiger partial charge in [0.1, 0.15) is 5.82 Å². The number of nitrogens with one attached hydrogen (secondary N) is 1. The minimum Gasteiger partial charge on any atom is -0.381 e. The molecule has 0 aliphatic carbocycles. The predicted octanol–water partition coefficient (Wildman–Crippen LogP) is 1.51. The lowest BCUT2D eigenvalue weighted by molar-refractivity contribution is 0.613. The Bertz CT molecular complexity index is 312. The van der Waals surface area contributed by atoms with Gasteiger partial charge in [0, 0.05) is 18.3 Å². The van der Waals surface area contributed by atoms with E-state index in [9.17, 15) is 4.39 Å². The van der Waals surface area contributed by atoms with Gasteiger partial charge in [0.15, 0.2) is 0 Å². The first kappa shape index (κ1) is 8.51. The fourth-order valence-corrected chi connectivity index (χ4v) is 1.70. The number of aryl methyl sites for hydroxylation is 1. The van der Waals surface area contributed by atoms with Crippen molar-refractivity contribution in [3.63, 3.8) is 0 Å². The highest BCUT2D eigenvalue weighted by atomic mass is 19.1. The number of rotatable bonds is 1. The Balaban J connectivity index is 2.27. The summed E-state index contributed by atoms with van der Waals surface area (Å²) in [5.41, 5.74) is 7.63. The van der Waals surface area contributed by atoms with Crippen molar-refractivity contribution in [1.29, 1.82) is 0 Å². The molecule has 1 atom stereocenters. The summed E-state index contributed by atoms with van der Waals surface area (Å²) in [6.45, 7) is 0.607. The van der Waals surface area contributed by atoms with Crippen LogP contribution >= 0.6 is 0 Å². The van der Waals surface area contributed by atoms with Crippen LogP contribution in [0.5, 0.6) is 0 Å². The Morgan fingerprint density at radius 1 is 1.54 bits per heavy atom. The number of benzene rings is 1. The monoisotopic (exact) mass is 180 g/mol. The minimum atomic E-state index is -0.191. The van der Waals surface area contributed by atoms with E-state index in [1.165, 1.54) is 17.7 Å². The second-order valence-electron chi connectivity index (χ2n) is 3.42. The lowest BCUT2D eigenvalue weighted by Gasteiger charge is -2.25. The quantitative estimate of drug-likeness (QED) is 0.687. The van der Waals surface area contributed by atoms with Gasteiger partial charge in [-0.15, -0.1) is 0 Å². The van der Waals surface area contributed by atoms with E-state index >= 15 is 0 Å². The van der Waals surface area contributed by atoms with Crippen LogP contribution < -0.4 is 11.1 Å². The summed E-state index contributed by atoms with van der Waals surface area (Å²) >= 11 is 0. The van der Waals surface area contributed by atoms with Gasteiger partial charge in [-0.3, -0.25) is 0 Å². The van der Waals surface area contributed by atoms with Crippen molar-refractivity contribution in [3.8, 4) is 0 Å². The number of anilines is 1. The van der Waals surface area contributed by atoms with Crippen LogP contribution in [0.2, 0.25) is 0 Å². The van der Waals surface area contributed by atoms with Crippen molar-refractivity contribution < 1.29 is 4.39 Å². The smallest absolute Gasteiger partial charge is 0.125 e. The second kappa shape index (κ2) is 3.34. The van der Waals surface area contributed by atoms with Crippen LogP contribution in [-0.4, -0.2) is 12.6 Å². The molecule has 0 bridgehead atoms. The third-order valence-electron chi connectivity index (χ3n) is 2.48. The Morgan fingerprint density at radius 2 is 2.38 bits per heavy atom. The van der Waals surface area contributed by atoms with Crippen molar-refractivity contribution in [2.24, 2.45) is 5.73 Å². The first-order chi connectivity index (χ1) is 6.29. The molecule has 1 aliphatic heterocycles. The molecule has 0 saturated carbocycles. The molecule has 2 rings (SSSR count). The van der Waals surface area contributed by atoms with Crippen LogP contribution in [0.4, 0.5) is 10.1 Å². The van der Waals surface area contributed by atoms with E-state index in [4.69, 9.17) is 5.73 Å². The van der Waals surface area contributed by atoms with Gasteiger partial charge in [-0.1, -0.05) is 6.07 Å². The van der Waals surface area contributed by atoms with Crippen molar-refractivity contribution in [3.05, 3.63) is 29.6 Å². The maximum atomic E-state index is 12.9. The Kier molecular flexibility index (Phi) is 2.19. The average molecular weight is 180 g/mol. The van der Waals surface area contributed by atoms with Gasteiger partial charge < -0.3 is 11.1 Å². The van der Waals surface area contributed by atoms with Crippen LogP contribution in [0.3, 0.4) is 0 Å². The number of hydrogen-bond acceptors (Lipinski definition) is 2. The molecule has 1 unspecified atom stereocenters. The molecule has 1 aromatic carbocycles. The van der Waals surface area contributed by atoms with Crippen molar-refractivity contribution >= 4 is 5.69 Å². The Labute approximate surface area is 76.9 Å². The van der Waals surface area contributed by atoms with Gasteiger partial charge in [0.2, 0.25) is 0 Å². The van der Waals surface area contributed by atoms with Gasteiger partial charge >= 0.3 is 0 Å². The van der Waals surface area contributed by atoms with Gasteiger partial charge in [-0.05, 0) is 30.5 Å². The zero-order valence-electron chi connectivity index (χ0n) is 7.39. The highest BCUT2D eigenvalue weighted by molar-refractivity contribution is 5.54. The predicted molar refractivity (Wildman–Crippen MR) is 51.2 cm³/mol. The molecule has 3 heteroatoms. The SMILES string of the molecule is NCC1CCc2ccc(F)cc2N1. The summed E-state index contributed by atoms with van der Waals surface area (Å²) in [7, 11) is 0. The number of fused-ring (bicyclic) bond motifs is 1. The minimum absolute atomic E-state index is 0.191. The van der Waals surface area contributed by atoms with Gasteiger partial charge in [0.05, 0.1) is 0 Å². The fourth-order valence-electron chi connectivity index (χ4n) is 1.70. The molecular weight excluding hydrogens is 167 g/mol. The zero-order chi connectivity index (χ0) is 9.26. The van der Waals surface area contributed by atoms with Crippen LogP contribution in [0.15, 0.2) is 18.2 Å². The lowest BCUT2D eigenvalue weighted by Crippen LogP contribution is -2.32. The highest BCUT2D eigenvalue weighted by Crippen LogP contribution is 2.24. The molecule has 0 aromatic heterocycles. The zero-order valence-corrected chi connectivity index (χ0v) is 7.39. The van der Waals surface area contributed by atoms with E-state index in [1.807, 2.05) is 6.07 Å². The lowest BCUT2D eigenvalue weighted by atomic mass is 9.98. The average Bonchev–Trinajstić information content (AvgIpc) is 2.16. The fraction of sp³-hybridized carbons (Fsp3) is 0.400. The van der Waals surface area contributed by atoms with Gasteiger partial charge in [0.25, 0.3) is 0 Å². The number of hydrogen-bond donors (Lipinski definition) is 2. The maximum Gasteiger partial charge on any atom is 0.125 e. The maximum absolute atomic E-state index is 12.9. The Hall–Kier alpha value is -1.09. The molecule has 0 fully saturated rings. The summed E-state index contributed by atoms with van der Waals surface area (Å²) in [4.78, 5) is 0. The molecule has 1 aliphatic rings. The van der Waals surface area contributed by atoms with Gasteiger partial charge in [-0.2, -0.15) is 0 Å². The summed E-state index contributed by atoms with van der Waals surface area (Å²) in [5.74, 6) is -0.191. The molecular formula is C10H13FN2. The molecule has 1 aromatic rings. The summed E-state index contributed by atoms with van der Waals surface area (Å²) in [5, 5.41) is 3.22. The normalized spacial score (nSPS) is 20.6. The standard InChI is InChI=1S/C10H13FN2/c11-8-3-1-7-2-4-9(6-12)13-10(7)5-8/h1,3,5,9,13H,2,4,6,12H2. The van der Waals surface area contributed by atoms with E-state index in [0.29, 0.717) is 12.6 Å². The molecule has 0 spiro atoms. The Morgan fingerprint density at radius 3 is 3.15 bits per heavy atom. The second-order valence-corrected chi connectivity index (χ2v) is 3.42. The van der Waals surface area contributed by atoms with E-state index in [-0.39, 0.29) is 5.82 Å². The van der Waals surface area contributed by atoms with E-state index in [2.05, 4.69) is 5.32 Å². The first-order valence-corrected chi connectivity index (χ1v) is 4.54. The van der Waals surface area contributed by atoms with Crippen molar-refractivity contribution in [2.45, 2.75) is 18.9 Å². The van der Waals surface area contributed by atoms with Crippen molar-refractivity contribution in [2.75, 3.05) is 11.9 Å². The topological polar surface area (TPSA) is 38.0 Å². The van der Waals surface area contributed by atoms with E-state index < -0.39 is 0 Å². The largest absolute Gasteiger partial charge is 0.381 e. The highest BCUT2D eigenvalue weighted by Gasteiger charge is 2.16. The third kappa shape index (κ3) is 1.65. The summed E-state index contributed by atoms with van der Waals surface area (Å²) in [6, 6.07) is 5.18. The third-order valence-corrected chi connectivity index (χ3v) is 2.48. The van der Waals surface area contributed by atoms with Gasteiger partial charge in [-0.25, -0.2) is 4.39 Å². The van der Waals surface area contributed by atoms with E-state index in [0.717, 1.165) is 18.5 Å². The number of halogens is 1. The molecule has 0 radical (unpaired) electrons. The first-order valence-electron chi connectivity index (χ1n) is 4.54.